The van der Waals surface area contributed by atoms with Gasteiger partial charge in [-0.1, -0.05) is 158 Å². The van der Waals surface area contributed by atoms with Gasteiger partial charge in [0.25, 0.3) is 0 Å². The molecule has 1 aliphatic rings. The van der Waals surface area contributed by atoms with Crippen molar-refractivity contribution in [3.05, 3.63) is 211 Å². The molecule has 59 heavy (non-hydrogen) atoms. The quantitative estimate of drug-likeness (QED) is 0.119. The minimum atomic E-state index is 0.559. The monoisotopic (exact) mass is 759 g/mol. The Balaban J connectivity index is 1.08. The van der Waals surface area contributed by atoms with E-state index in [2.05, 4.69) is 199 Å². The predicted molar refractivity (Wildman–Crippen MR) is 249 cm³/mol. The molecule has 0 bridgehead atoms. The number of benzene rings is 9. The number of para-hydroxylation sites is 1. The first-order valence-corrected chi connectivity index (χ1v) is 21.2. The average molecular weight is 760 g/mol. The third-order valence-corrected chi connectivity index (χ3v) is 12.9. The van der Waals surface area contributed by atoms with E-state index in [-0.39, 0.29) is 0 Å². The molecule has 1 aromatic heterocycles. The zero-order valence-electron chi connectivity index (χ0n) is 33.1. The van der Waals surface area contributed by atoms with Crippen molar-refractivity contribution in [2.45, 2.75) is 43.9 Å². The molecule has 0 spiro atoms. The van der Waals surface area contributed by atoms with Crippen LogP contribution in [0.15, 0.2) is 205 Å². The third kappa shape index (κ3) is 6.55. The Morgan fingerprint density at radius 3 is 1.76 bits per heavy atom. The molecule has 11 rings (SSSR count). The van der Waals surface area contributed by atoms with Crippen LogP contribution in [0.5, 0.6) is 0 Å². The lowest BCUT2D eigenvalue weighted by Crippen LogP contribution is -2.12. The zero-order chi connectivity index (χ0) is 39.1. The molecule has 1 heterocycles. The van der Waals surface area contributed by atoms with Crippen LogP contribution in [0.2, 0.25) is 0 Å². The van der Waals surface area contributed by atoms with Gasteiger partial charge in [-0.2, -0.15) is 0 Å². The topological polar surface area (TPSA) is 16.4 Å². The van der Waals surface area contributed by atoms with Crippen LogP contribution in [-0.2, 0) is 0 Å². The molecule has 1 saturated carbocycles. The SMILES string of the molecule is c1ccc(-c2ccc(-c3cc4ccccc4c4ccccc34)cc2N(c2ccc(C3CCCC(c4ccccc4)CC3)cc2)c2ccc3oc4ccccc4c3c2)cc1. The minimum absolute atomic E-state index is 0.559. The molecule has 9 aromatic carbocycles. The molecule has 2 nitrogen and oxygen atoms in total. The van der Waals surface area contributed by atoms with Gasteiger partial charge in [0.1, 0.15) is 11.2 Å². The van der Waals surface area contributed by atoms with Crippen LogP contribution in [0.1, 0.15) is 55.1 Å². The van der Waals surface area contributed by atoms with Gasteiger partial charge in [-0.05, 0) is 135 Å². The molecule has 10 aromatic rings. The molecule has 0 aliphatic heterocycles. The molecular weight excluding hydrogens is 715 g/mol. The van der Waals surface area contributed by atoms with Crippen LogP contribution >= 0.6 is 0 Å². The van der Waals surface area contributed by atoms with E-state index in [1.54, 1.807) is 0 Å². The van der Waals surface area contributed by atoms with Gasteiger partial charge in [0.15, 0.2) is 0 Å². The molecular formula is C57H45NO. The van der Waals surface area contributed by atoms with E-state index in [0.29, 0.717) is 11.8 Å². The van der Waals surface area contributed by atoms with E-state index >= 15 is 0 Å². The van der Waals surface area contributed by atoms with E-state index in [4.69, 9.17) is 4.42 Å². The minimum Gasteiger partial charge on any atom is -0.456 e. The number of rotatable bonds is 7. The van der Waals surface area contributed by atoms with Crippen LogP contribution in [0, 0.1) is 0 Å². The van der Waals surface area contributed by atoms with E-state index in [0.717, 1.165) is 39.0 Å². The van der Waals surface area contributed by atoms with Gasteiger partial charge in [0.05, 0.1) is 5.69 Å². The summed E-state index contributed by atoms with van der Waals surface area (Å²) in [5.41, 5.74) is 12.9. The van der Waals surface area contributed by atoms with Crippen LogP contribution in [0.3, 0.4) is 0 Å². The van der Waals surface area contributed by atoms with Gasteiger partial charge in [-0.3, -0.25) is 0 Å². The molecule has 1 aliphatic carbocycles. The molecule has 2 atom stereocenters. The van der Waals surface area contributed by atoms with Crippen LogP contribution < -0.4 is 4.90 Å². The highest BCUT2D eigenvalue weighted by Gasteiger charge is 2.24. The maximum atomic E-state index is 6.35. The molecule has 2 unspecified atom stereocenters. The molecule has 1 fully saturated rings. The van der Waals surface area contributed by atoms with Gasteiger partial charge >= 0.3 is 0 Å². The Morgan fingerprint density at radius 2 is 0.983 bits per heavy atom. The lowest BCUT2D eigenvalue weighted by atomic mass is 9.89. The number of anilines is 3. The van der Waals surface area contributed by atoms with Crippen molar-refractivity contribution in [2.24, 2.45) is 0 Å². The summed E-state index contributed by atoms with van der Waals surface area (Å²) < 4.78 is 6.35. The standard InChI is InChI=1S/C57H45NO/c1-3-14-39(15-4-1)40-19-13-20-41(27-26-40)42-28-31-46(32-29-42)58(47-33-35-57-54(38-47)52-24-11-12-25-56(52)59-57)55-37-45(30-34-49(55)43-16-5-2-6-17-43)53-36-44-18-7-8-21-48(44)50-22-9-10-23-51(50)53/h1-12,14-18,21-25,28-38,40-41H,13,19-20,26-27H2. The predicted octanol–water partition coefficient (Wildman–Crippen LogP) is 16.5. The maximum Gasteiger partial charge on any atom is 0.135 e. The van der Waals surface area contributed by atoms with Crippen molar-refractivity contribution in [3.8, 4) is 22.3 Å². The number of hydrogen-bond acceptors (Lipinski definition) is 2. The van der Waals surface area contributed by atoms with Gasteiger partial charge in [-0.25, -0.2) is 0 Å². The summed E-state index contributed by atoms with van der Waals surface area (Å²) in [6, 6.07) is 73.6. The number of fused-ring (bicyclic) bond motifs is 6. The zero-order valence-corrected chi connectivity index (χ0v) is 33.1. The lowest BCUT2D eigenvalue weighted by Gasteiger charge is -2.29. The molecule has 2 heteroatoms. The highest BCUT2D eigenvalue weighted by molar-refractivity contribution is 6.14. The summed E-state index contributed by atoms with van der Waals surface area (Å²) in [6.45, 7) is 0. The summed E-state index contributed by atoms with van der Waals surface area (Å²) in [5, 5.41) is 7.29. The van der Waals surface area contributed by atoms with Crippen LogP contribution in [0.4, 0.5) is 17.1 Å². The maximum absolute atomic E-state index is 6.35. The second-order valence-electron chi connectivity index (χ2n) is 16.3. The first-order valence-electron chi connectivity index (χ1n) is 21.2. The lowest BCUT2D eigenvalue weighted by molar-refractivity contribution is 0.574. The molecule has 0 amide bonds. The van der Waals surface area contributed by atoms with E-state index in [1.165, 1.54) is 87.0 Å². The van der Waals surface area contributed by atoms with Crippen molar-refractivity contribution in [1.29, 1.82) is 0 Å². The van der Waals surface area contributed by atoms with Crippen molar-refractivity contribution in [2.75, 3.05) is 4.90 Å². The Hall–Kier alpha value is -6.90. The van der Waals surface area contributed by atoms with E-state index in [9.17, 15) is 0 Å². The first kappa shape index (κ1) is 35.3. The smallest absolute Gasteiger partial charge is 0.135 e. The normalized spacial score (nSPS) is 15.8. The van der Waals surface area contributed by atoms with Crippen LogP contribution in [0.25, 0.3) is 65.7 Å². The fourth-order valence-electron chi connectivity index (χ4n) is 9.91. The number of furan rings is 1. The molecule has 284 valence electrons. The number of nitrogens with zero attached hydrogens (tertiary/aromatic N) is 1. The highest BCUT2D eigenvalue weighted by atomic mass is 16.3. The molecule has 0 N–H and O–H groups in total. The summed E-state index contributed by atoms with van der Waals surface area (Å²) in [7, 11) is 0. The summed E-state index contributed by atoms with van der Waals surface area (Å²) >= 11 is 0. The largest absolute Gasteiger partial charge is 0.456 e. The molecule has 0 saturated heterocycles. The van der Waals surface area contributed by atoms with Crippen molar-refractivity contribution in [3.63, 3.8) is 0 Å². The van der Waals surface area contributed by atoms with Gasteiger partial charge in [0, 0.05) is 27.7 Å². The summed E-state index contributed by atoms with van der Waals surface area (Å²) in [6.07, 6.45) is 6.21. The number of hydrogen-bond donors (Lipinski definition) is 0. The van der Waals surface area contributed by atoms with Gasteiger partial charge in [-0.15, -0.1) is 0 Å². The highest BCUT2D eigenvalue weighted by Crippen LogP contribution is 2.47. The molecule has 0 radical (unpaired) electrons. The Labute approximate surface area is 346 Å². The second kappa shape index (κ2) is 15.1. The second-order valence-corrected chi connectivity index (χ2v) is 16.3. The Bertz CT molecular complexity index is 3090. The van der Waals surface area contributed by atoms with E-state index in [1.807, 2.05) is 6.07 Å². The Morgan fingerprint density at radius 1 is 0.373 bits per heavy atom. The summed E-state index contributed by atoms with van der Waals surface area (Å²) in [4.78, 5) is 2.47. The fraction of sp³-hybridized carbons (Fsp3) is 0.123. The van der Waals surface area contributed by atoms with E-state index < -0.39 is 0 Å². The fourth-order valence-corrected chi connectivity index (χ4v) is 9.91. The van der Waals surface area contributed by atoms with Gasteiger partial charge in [0.2, 0.25) is 0 Å². The summed E-state index contributed by atoms with van der Waals surface area (Å²) in [5.74, 6) is 1.21. The van der Waals surface area contributed by atoms with Crippen LogP contribution in [-0.4, -0.2) is 0 Å². The first-order chi connectivity index (χ1) is 29.2. The Kier molecular flexibility index (Phi) is 9.04. The third-order valence-electron chi connectivity index (χ3n) is 12.9. The van der Waals surface area contributed by atoms with Crippen molar-refractivity contribution >= 4 is 60.5 Å². The van der Waals surface area contributed by atoms with Gasteiger partial charge < -0.3 is 9.32 Å². The average Bonchev–Trinajstić information content (AvgIpc) is 3.49. The van der Waals surface area contributed by atoms with Crippen molar-refractivity contribution < 1.29 is 4.42 Å². The van der Waals surface area contributed by atoms with Crippen molar-refractivity contribution in [1.82, 2.24) is 0 Å².